The number of carbonyl (C=O) groups is 2. The fourth-order valence-electron chi connectivity index (χ4n) is 3.69. The molecule has 164 valence electrons. The monoisotopic (exact) mass is 453 g/mol. The van der Waals surface area contributed by atoms with Crippen LogP contribution in [0.1, 0.15) is 22.9 Å². The van der Waals surface area contributed by atoms with Crippen LogP contribution in [0.3, 0.4) is 0 Å². The number of amides is 1. The molecule has 0 spiro atoms. The molecule has 8 heteroatoms. The van der Waals surface area contributed by atoms with Crippen molar-refractivity contribution in [2.45, 2.75) is 13.0 Å². The maximum Gasteiger partial charge on any atom is 0.300 e. The molecule has 7 nitrogen and oxygen atoms in total. The molecule has 2 heterocycles. The zero-order valence-corrected chi connectivity index (χ0v) is 18.3. The number of Topliss-reactive ketones (excluding diaryl/α,β-unsaturated/α-hetero) is 1. The van der Waals surface area contributed by atoms with Crippen molar-refractivity contribution >= 4 is 34.7 Å². The number of ether oxygens (including phenoxy) is 2. The van der Waals surface area contributed by atoms with Crippen LogP contribution >= 0.6 is 11.6 Å². The van der Waals surface area contributed by atoms with E-state index >= 15 is 0 Å². The number of halogens is 1. The van der Waals surface area contributed by atoms with E-state index < -0.39 is 17.7 Å². The van der Waals surface area contributed by atoms with E-state index in [0.717, 1.165) is 5.56 Å². The average molecular weight is 454 g/mol. The third-order valence-corrected chi connectivity index (χ3v) is 5.75. The second-order valence-electron chi connectivity index (χ2n) is 7.19. The molecule has 1 aromatic heterocycles. The second-order valence-corrected chi connectivity index (χ2v) is 7.59. The van der Waals surface area contributed by atoms with Gasteiger partial charge in [-0.1, -0.05) is 17.7 Å². The van der Waals surface area contributed by atoms with Gasteiger partial charge in [0.25, 0.3) is 11.7 Å². The van der Waals surface area contributed by atoms with Gasteiger partial charge < -0.3 is 19.0 Å². The van der Waals surface area contributed by atoms with Gasteiger partial charge in [-0.3, -0.25) is 14.5 Å². The Balaban J connectivity index is 1.91. The van der Waals surface area contributed by atoms with Gasteiger partial charge in [0.1, 0.15) is 17.6 Å². The zero-order chi connectivity index (χ0) is 23.0. The van der Waals surface area contributed by atoms with Crippen molar-refractivity contribution in [3.63, 3.8) is 0 Å². The molecule has 2 aromatic carbocycles. The Morgan fingerprint density at radius 2 is 1.81 bits per heavy atom. The molecule has 1 atom stereocenters. The SMILES string of the molecule is COc1ccc(/C(O)=C2/C(=O)C(=O)N(c3ccc(C)c(Cl)c3)C2c2ccco2)cc1OC. The van der Waals surface area contributed by atoms with E-state index in [1.807, 2.05) is 6.92 Å². The van der Waals surface area contributed by atoms with E-state index in [0.29, 0.717) is 33.5 Å². The Morgan fingerprint density at radius 1 is 1.06 bits per heavy atom. The number of hydrogen-bond donors (Lipinski definition) is 1. The highest BCUT2D eigenvalue weighted by atomic mass is 35.5. The molecular formula is C24H20ClNO6. The number of hydrogen-bond acceptors (Lipinski definition) is 6. The van der Waals surface area contributed by atoms with Crippen molar-refractivity contribution in [2.75, 3.05) is 19.1 Å². The molecule has 0 bridgehead atoms. The highest BCUT2D eigenvalue weighted by Gasteiger charge is 2.48. The van der Waals surface area contributed by atoms with Crippen LogP contribution in [0.15, 0.2) is 64.8 Å². The van der Waals surface area contributed by atoms with Crippen LogP contribution in [-0.2, 0) is 9.59 Å². The Bertz CT molecular complexity index is 1230. The predicted molar refractivity (Wildman–Crippen MR) is 119 cm³/mol. The topological polar surface area (TPSA) is 89.2 Å². The highest BCUT2D eigenvalue weighted by molar-refractivity contribution is 6.51. The smallest absolute Gasteiger partial charge is 0.300 e. The van der Waals surface area contributed by atoms with Crippen molar-refractivity contribution in [3.8, 4) is 11.5 Å². The number of aryl methyl sites for hydroxylation is 1. The van der Waals surface area contributed by atoms with Crippen LogP contribution in [0.25, 0.3) is 5.76 Å². The molecule has 0 saturated carbocycles. The first kappa shape index (κ1) is 21.5. The molecule has 1 saturated heterocycles. The molecule has 1 unspecified atom stereocenters. The van der Waals surface area contributed by atoms with E-state index in [-0.39, 0.29) is 11.3 Å². The number of furan rings is 1. The van der Waals surface area contributed by atoms with Gasteiger partial charge in [-0.2, -0.15) is 0 Å². The summed E-state index contributed by atoms with van der Waals surface area (Å²) >= 11 is 6.27. The summed E-state index contributed by atoms with van der Waals surface area (Å²) in [4.78, 5) is 27.5. The third kappa shape index (κ3) is 3.50. The maximum absolute atomic E-state index is 13.1. The summed E-state index contributed by atoms with van der Waals surface area (Å²) in [6, 6.07) is 12.1. The van der Waals surface area contributed by atoms with Gasteiger partial charge in [-0.15, -0.1) is 0 Å². The van der Waals surface area contributed by atoms with E-state index in [2.05, 4.69) is 0 Å². The molecule has 1 aliphatic rings. The van der Waals surface area contributed by atoms with Crippen LogP contribution < -0.4 is 14.4 Å². The van der Waals surface area contributed by atoms with Gasteiger partial charge in [0, 0.05) is 16.3 Å². The standard InChI is InChI=1S/C24H20ClNO6/c1-13-6-8-15(12-16(13)25)26-21(18-5-4-10-32-18)20(23(28)24(26)29)22(27)14-7-9-17(30-2)19(11-14)31-3/h4-12,21,27H,1-3H3/b22-20-. The van der Waals surface area contributed by atoms with Gasteiger partial charge in [0.15, 0.2) is 11.5 Å². The van der Waals surface area contributed by atoms with E-state index in [1.54, 1.807) is 42.5 Å². The number of nitrogens with zero attached hydrogens (tertiary/aromatic N) is 1. The van der Waals surface area contributed by atoms with Crippen LogP contribution in [0.4, 0.5) is 5.69 Å². The van der Waals surface area contributed by atoms with E-state index in [4.69, 9.17) is 25.5 Å². The molecule has 32 heavy (non-hydrogen) atoms. The molecule has 1 aliphatic heterocycles. The van der Waals surface area contributed by atoms with Crippen molar-refractivity contribution in [3.05, 3.63) is 82.3 Å². The summed E-state index contributed by atoms with van der Waals surface area (Å²) in [5.74, 6) is -0.843. The molecular weight excluding hydrogens is 434 g/mol. The van der Waals surface area contributed by atoms with Crippen LogP contribution in [0, 0.1) is 6.92 Å². The maximum atomic E-state index is 13.1. The number of ketones is 1. The Hall–Kier alpha value is -3.71. The fraction of sp³-hybridized carbons (Fsp3) is 0.167. The Labute approximate surface area is 189 Å². The third-order valence-electron chi connectivity index (χ3n) is 5.35. The summed E-state index contributed by atoms with van der Waals surface area (Å²) in [6.45, 7) is 1.83. The normalized spacial score (nSPS) is 17.6. The van der Waals surface area contributed by atoms with Crippen molar-refractivity contribution in [1.82, 2.24) is 0 Å². The summed E-state index contributed by atoms with van der Waals surface area (Å²) in [5.41, 5.74) is 1.43. The first-order valence-electron chi connectivity index (χ1n) is 9.70. The summed E-state index contributed by atoms with van der Waals surface area (Å²) in [5, 5.41) is 11.6. The molecule has 1 N–H and O–H groups in total. The fourth-order valence-corrected chi connectivity index (χ4v) is 3.86. The first-order valence-corrected chi connectivity index (χ1v) is 10.1. The molecule has 3 aromatic rings. The number of aliphatic hydroxyl groups excluding tert-OH is 1. The van der Waals surface area contributed by atoms with Crippen molar-refractivity contribution in [1.29, 1.82) is 0 Å². The lowest BCUT2D eigenvalue weighted by atomic mass is 9.99. The quantitative estimate of drug-likeness (QED) is 0.336. The number of carbonyl (C=O) groups excluding carboxylic acids is 2. The molecule has 0 aliphatic carbocycles. The number of anilines is 1. The van der Waals surface area contributed by atoms with Gasteiger partial charge >= 0.3 is 0 Å². The van der Waals surface area contributed by atoms with E-state index in [1.165, 1.54) is 31.4 Å². The van der Waals surface area contributed by atoms with E-state index in [9.17, 15) is 14.7 Å². The molecule has 0 radical (unpaired) electrons. The zero-order valence-electron chi connectivity index (χ0n) is 17.6. The van der Waals surface area contributed by atoms with Crippen molar-refractivity contribution in [2.24, 2.45) is 0 Å². The van der Waals surface area contributed by atoms with Crippen LogP contribution in [0.2, 0.25) is 5.02 Å². The lowest BCUT2D eigenvalue weighted by Gasteiger charge is -2.24. The first-order chi connectivity index (χ1) is 15.4. The lowest BCUT2D eigenvalue weighted by Crippen LogP contribution is -2.29. The largest absolute Gasteiger partial charge is 0.507 e. The summed E-state index contributed by atoms with van der Waals surface area (Å²) in [6.07, 6.45) is 1.44. The minimum absolute atomic E-state index is 0.103. The Kier molecular flexibility index (Phi) is 5.67. The molecule has 1 fully saturated rings. The average Bonchev–Trinajstić information content (AvgIpc) is 3.42. The highest BCUT2D eigenvalue weighted by Crippen LogP contribution is 2.43. The van der Waals surface area contributed by atoms with Crippen LogP contribution in [0.5, 0.6) is 11.5 Å². The number of benzene rings is 2. The molecule has 4 rings (SSSR count). The summed E-state index contributed by atoms with van der Waals surface area (Å²) in [7, 11) is 2.96. The predicted octanol–water partition coefficient (Wildman–Crippen LogP) is 4.88. The van der Waals surface area contributed by atoms with Crippen molar-refractivity contribution < 1.29 is 28.6 Å². The van der Waals surface area contributed by atoms with Gasteiger partial charge in [0.05, 0.1) is 26.1 Å². The number of aliphatic hydroxyl groups is 1. The van der Waals surface area contributed by atoms with Gasteiger partial charge in [-0.05, 0) is 55.0 Å². The second kappa shape index (κ2) is 8.43. The number of rotatable bonds is 5. The minimum atomic E-state index is -0.975. The Morgan fingerprint density at radius 3 is 2.44 bits per heavy atom. The van der Waals surface area contributed by atoms with Gasteiger partial charge in [0.2, 0.25) is 0 Å². The summed E-state index contributed by atoms with van der Waals surface area (Å²) < 4.78 is 16.1. The van der Waals surface area contributed by atoms with Gasteiger partial charge in [-0.25, -0.2) is 0 Å². The van der Waals surface area contributed by atoms with Crippen LogP contribution in [-0.4, -0.2) is 31.0 Å². The lowest BCUT2D eigenvalue weighted by molar-refractivity contribution is -0.132. The minimum Gasteiger partial charge on any atom is -0.507 e. The number of methoxy groups -OCH3 is 2. The molecule has 1 amide bonds.